The van der Waals surface area contributed by atoms with E-state index in [1.54, 1.807) is 0 Å². The van der Waals surface area contributed by atoms with Gasteiger partial charge in [-0.1, -0.05) is 50.2 Å². The van der Waals surface area contributed by atoms with Crippen LogP contribution in [0.25, 0.3) is 11.4 Å². The van der Waals surface area contributed by atoms with Gasteiger partial charge in [-0.15, -0.1) is 5.53 Å². The van der Waals surface area contributed by atoms with Gasteiger partial charge in [0.15, 0.2) is 5.82 Å². The second-order valence-electron chi connectivity index (χ2n) is 7.43. The summed E-state index contributed by atoms with van der Waals surface area (Å²) in [6, 6.07) is 16.7. The minimum absolute atomic E-state index is 0.418. The first-order chi connectivity index (χ1) is 14.1. The van der Waals surface area contributed by atoms with Crippen LogP contribution in [0.2, 0.25) is 0 Å². The van der Waals surface area contributed by atoms with Gasteiger partial charge in [0.25, 0.3) is 0 Å². The summed E-state index contributed by atoms with van der Waals surface area (Å²) in [6.45, 7) is 7.12. The highest BCUT2D eigenvalue weighted by Gasteiger charge is 2.12. The predicted octanol–water partition coefficient (Wildman–Crippen LogP) is 4.49. The molecule has 148 valence electrons. The van der Waals surface area contributed by atoms with Crippen molar-refractivity contribution in [1.82, 2.24) is 20.9 Å². The lowest BCUT2D eigenvalue weighted by atomic mass is 9.97. The van der Waals surface area contributed by atoms with Crippen molar-refractivity contribution in [3.05, 3.63) is 83.8 Å². The van der Waals surface area contributed by atoms with Crippen molar-refractivity contribution in [3.8, 4) is 11.4 Å². The summed E-state index contributed by atoms with van der Waals surface area (Å²) in [6.07, 6.45) is 5.68. The normalized spacial score (nSPS) is 13.0. The predicted molar refractivity (Wildman–Crippen MR) is 118 cm³/mol. The Morgan fingerprint density at radius 1 is 1.07 bits per heavy atom. The van der Waals surface area contributed by atoms with Gasteiger partial charge in [-0.3, -0.25) is 5.01 Å². The summed E-state index contributed by atoms with van der Waals surface area (Å²) in [4.78, 5) is 9.41. The zero-order chi connectivity index (χ0) is 20.2. The zero-order valence-electron chi connectivity index (χ0n) is 17.0. The summed E-state index contributed by atoms with van der Waals surface area (Å²) in [5.41, 5.74) is 11.6. The third-order valence-electron chi connectivity index (χ3n) is 4.96. The van der Waals surface area contributed by atoms with Crippen molar-refractivity contribution in [2.24, 2.45) is 0 Å². The number of aryl methyl sites for hydroxylation is 1. The SMILES string of the molecule is Cc1cnc(-c2ccccc2C(C)C)nc1NCc1ccc(N2C=CNN2)cc1. The van der Waals surface area contributed by atoms with Crippen molar-refractivity contribution in [1.29, 1.82) is 0 Å². The maximum absolute atomic E-state index is 4.82. The molecule has 0 spiro atoms. The van der Waals surface area contributed by atoms with E-state index in [0.717, 1.165) is 28.5 Å². The van der Waals surface area contributed by atoms with Crippen molar-refractivity contribution in [3.63, 3.8) is 0 Å². The molecule has 6 heteroatoms. The molecule has 6 nitrogen and oxygen atoms in total. The number of hydrazine groups is 2. The topological polar surface area (TPSA) is 65.1 Å². The summed E-state index contributed by atoms with van der Waals surface area (Å²) in [5.74, 6) is 2.05. The molecule has 0 amide bonds. The first-order valence-electron chi connectivity index (χ1n) is 9.84. The van der Waals surface area contributed by atoms with E-state index in [9.17, 15) is 0 Å². The maximum atomic E-state index is 4.82. The monoisotopic (exact) mass is 386 g/mol. The summed E-state index contributed by atoms with van der Waals surface area (Å²) >= 11 is 0. The lowest BCUT2D eigenvalue weighted by molar-refractivity contribution is 0.680. The van der Waals surface area contributed by atoms with Gasteiger partial charge in [0.05, 0.1) is 5.69 Å². The average molecular weight is 387 g/mol. The van der Waals surface area contributed by atoms with Crippen molar-refractivity contribution >= 4 is 11.5 Å². The second-order valence-corrected chi connectivity index (χ2v) is 7.43. The van der Waals surface area contributed by atoms with Crippen LogP contribution >= 0.6 is 0 Å². The lowest BCUT2D eigenvalue weighted by Gasteiger charge is -2.16. The van der Waals surface area contributed by atoms with E-state index in [2.05, 4.69) is 77.6 Å². The lowest BCUT2D eigenvalue weighted by Crippen LogP contribution is -2.35. The Kier molecular flexibility index (Phi) is 5.44. The molecule has 3 N–H and O–H groups in total. The molecule has 0 radical (unpaired) electrons. The minimum atomic E-state index is 0.418. The zero-order valence-corrected chi connectivity index (χ0v) is 17.0. The van der Waals surface area contributed by atoms with E-state index in [1.165, 1.54) is 11.1 Å². The van der Waals surface area contributed by atoms with Gasteiger partial charge in [0.2, 0.25) is 0 Å². The Bertz CT molecular complexity index is 1010. The quantitative estimate of drug-likeness (QED) is 0.580. The Morgan fingerprint density at radius 3 is 2.59 bits per heavy atom. The van der Waals surface area contributed by atoms with E-state index in [1.807, 2.05) is 36.6 Å². The van der Waals surface area contributed by atoms with Crippen molar-refractivity contribution < 1.29 is 0 Å². The van der Waals surface area contributed by atoms with Gasteiger partial charge >= 0.3 is 0 Å². The van der Waals surface area contributed by atoms with E-state index < -0.39 is 0 Å². The molecule has 29 heavy (non-hydrogen) atoms. The highest BCUT2D eigenvalue weighted by molar-refractivity contribution is 5.63. The highest BCUT2D eigenvalue weighted by Crippen LogP contribution is 2.28. The Balaban J connectivity index is 1.51. The van der Waals surface area contributed by atoms with Crippen molar-refractivity contribution in [2.75, 3.05) is 10.3 Å². The number of benzene rings is 2. The van der Waals surface area contributed by atoms with Crippen LogP contribution in [0.5, 0.6) is 0 Å². The smallest absolute Gasteiger partial charge is 0.161 e. The Morgan fingerprint density at radius 2 is 1.86 bits per heavy atom. The number of anilines is 2. The molecule has 2 aromatic carbocycles. The third-order valence-corrected chi connectivity index (χ3v) is 4.96. The molecule has 0 atom stereocenters. The summed E-state index contributed by atoms with van der Waals surface area (Å²) < 4.78 is 0. The van der Waals surface area contributed by atoms with Crippen LogP contribution < -0.4 is 21.3 Å². The number of nitrogens with one attached hydrogen (secondary N) is 3. The number of aromatic nitrogens is 2. The number of hydrogen-bond acceptors (Lipinski definition) is 6. The van der Waals surface area contributed by atoms with Crippen molar-refractivity contribution in [2.45, 2.75) is 33.2 Å². The number of hydrogen-bond donors (Lipinski definition) is 3. The Labute approximate surface area is 171 Å². The van der Waals surface area contributed by atoms with Crippen LogP contribution in [-0.4, -0.2) is 9.97 Å². The molecule has 0 saturated carbocycles. The third kappa shape index (κ3) is 4.22. The fraction of sp³-hybridized carbons (Fsp3) is 0.217. The molecule has 1 aliphatic rings. The van der Waals surface area contributed by atoms with Gasteiger partial charge in [0, 0.05) is 36.3 Å². The van der Waals surface area contributed by atoms with E-state index in [-0.39, 0.29) is 0 Å². The standard InChI is InChI=1S/C23H26N6/c1-16(2)20-6-4-5-7-21(20)23-24-14-17(3)22(27-23)25-15-18-8-10-19(11-9-18)29-13-12-26-28-29/h4-14,16,26,28H,15H2,1-3H3,(H,24,25,27). The fourth-order valence-corrected chi connectivity index (χ4v) is 3.32. The molecule has 3 aromatic rings. The van der Waals surface area contributed by atoms with Gasteiger partial charge in [0.1, 0.15) is 5.82 Å². The van der Waals surface area contributed by atoms with Crippen LogP contribution in [0.1, 0.15) is 36.5 Å². The van der Waals surface area contributed by atoms with Crippen LogP contribution in [-0.2, 0) is 6.54 Å². The second kappa shape index (κ2) is 8.32. The average Bonchev–Trinajstić information content (AvgIpc) is 3.28. The maximum Gasteiger partial charge on any atom is 0.161 e. The fourth-order valence-electron chi connectivity index (χ4n) is 3.32. The first kappa shape index (κ1) is 19.0. The van der Waals surface area contributed by atoms with Crippen LogP contribution in [0.4, 0.5) is 11.5 Å². The first-order valence-corrected chi connectivity index (χ1v) is 9.84. The largest absolute Gasteiger partial charge is 0.366 e. The van der Waals surface area contributed by atoms with E-state index >= 15 is 0 Å². The molecule has 4 rings (SSSR count). The molecule has 0 fully saturated rings. The Hall–Kier alpha value is -3.38. The molecule has 0 aliphatic carbocycles. The molecule has 1 aliphatic heterocycles. The van der Waals surface area contributed by atoms with Gasteiger partial charge in [-0.25, -0.2) is 9.97 Å². The molecular formula is C23H26N6. The molecule has 0 bridgehead atoms. The molecule has 2 heterocycles. The van der Waals surface area contributed by atoms with E-state index in [0.29, 0.717) is 12.5 Å². The van der Waals surface area contributed by atoms with Crippen LogP contribution in [0.3, 0.4) is 0 Å². The number of rotatable bonds is 6. The minimum Gasteiger partial charge on any atom is -0.366 e. The van der Waals surface area contributed by atoms with Gasteiger partial charge in [-0.05, 0) is 36.1 Å². The number of nitrogens with zero attached hydrogens (tertiary/aromatic N) is 3. The van der Waals surface area contributed by atoms with E-state index in [4.69, 9.17) is 4.98 Å². The van der Waals surface area contributed by atoms with Crippen LogP contribution in [0.15, 0.2) is 67.1 Å². The van der Waals surface area contributed by atoms with Gasteiger partial charge < -0.3 is 10.7 Å². The molecule has 1 aromatic heterocycles. The van der Waals surface area contributed by atoms with Crippen LogP contribution in [0, 0.1) is 6.92 Å². The molecule has 0 unspecified atom stereocenters. The van der Waals surface area contributed by atoms with Gasteiger partial charge in [-0.2, -0.15) is 0 Å². The summed E-state index contributed by atoms with van der Waals surface area (Å²) in [7, 11) is 0. The molecule has 0 saturated heterocycles. The summed E-state index contributed by atoms with van der Waals surface area (Å²) in [5, 5.41) is 5.39. The highest BCUT2D eigenvalue weighted by atomic mass is 15.7. The molecular weight excluding hydrogens is 360 g/mol.